The Balaban J connectivity index is 1.91. The molecule has 2 nitrogen and oxygen atoms in total. The minimum atomic E-state index is 0.00213. The lowest BCUT2D eigenvalue weighted by Crippen LogP contribution is -2.21. The van der Waals surface area contributed by atoms with Crippen molar-refractivity contribution in [3.63, 3.8) is 0 Å². The van der Waals surface area contributed by atoms with Crippen LogP contribution < -0.4 is 5.32 Å². The zero-order valence-electron chi connectivity index (χ0n) is 8.32. The summed E-state index contributed by atoms with van der Waals surface area (Å²) in [6.07, 6.45) is 0. The third-order valence-corrected chi connectivity index (χ3v) is 3.69. The number of hydrogen-bond donors (Lipinski definition) is 1. The van der Waals surface area contributed by atoms with Gasteiger partial charge >= 0.3 is 0 Å². The quantitative estimate of drug-likeness (QED) is 0.873. The lowest BCUT2D eigenvalue weighted by Gasteiger charge is -2.00. The predicted octanol–water partition coefficient (Wildman–Crippen LogP) is 3.05. The highest BCUT2D eigenvalue weighted by atomic mass is 32.1. The van der Waals surface area contributed by atoms with Crippen LogP contribution in [0, 0.1) is 6.92 Å². The van der Waals surface area contributed by atoms with E-state index >= 15 is 0 Å². The van der Waals surface area contributed by atoms with Crippen LogP contribution in [0.15, 0.2) is 29.0 Å². The molecule has 0 saturated carbocycles. The zero-order valence-corrected chi connectivity index (χ0v) is 9.95. The van der Waals surface area contributed by atoms with Crippen molar-refractivity contribution in [2.24, 2.45) is 0 Å². The molecule has 2 aromatic rings. The van der Waals surface area contributed by atoms with E-state index in [0.717, 1.165) is 5.56 Å². The Labute approximate surface area is 96.6 Å². The van der Waals surface area contributed by atoms with E-state index in [1.54, 1.807) is 11.3 Å². The van der Waals surface area contributed by atoms with Crippen molar-refractivity contribution in [2.75, 3.05) is 0 Å². The van der Waals surface area contributed by atoms with Crippen LogP contribution in [0.25, 0.3) is 0 Å². The van der Waals surface area contributed by atoms with E-state index in [1.165, 1.54) is 21.1 Å². The monoisotopic (exact) mass is 237 g/mol. The SMILES string of the molecule is Cc1ccc(CNC(=O)c2ccsc2)s1. The smallest absolute Gasteiger partial charge is 0.252 e. The van der Waals surface area contributed by atoms with Gasteiger partial charge < -0.3 is 5.32 Å². The zero-order chi connectivity index (χ0) is 10.7. The molecule has 0 spiro atoms. The number of carbonyl (C=O) groups excluding carboxylic acids is 1. The van der Waals surface area contributed by atoms with Gasteiger partial charge in [-0.15, -0.1) is 11.3 Å². The molecular weight excluding hydrogens is 226 g/mol. The second-order valence-corrected chi connectivity index (χ2v) is 5.36. The Kier molecular flexibility index (Phi) is 3.18. The van der Waals surface area contributed by atoms with Gasteiger partial charge in [-0.25, -0.2) is 0 Å². The van der Waals surface area contributed by atoms with Gasteiger partial charge in [-0.1, -0.05) is 0 Å². The van der Waals surface area contributed by atoms with Gasteiger partial charge in [0.05, 0.1) is 6.54 Å². The molecule has 0 saturated heterocycles. The maximum absolute atomic E-state index is 11.6. The van der Waals surface area contributed by atoms with E-state index in [-0.39, 0.29) is 5.91 Å². The molecule has 1 N–H and O–H groups in total. The van der Waals surface area contributed by atoms with E-state index < -0.39 is 0 Å². The number of nitrogens with one attached hydrogen (secondary N) is 1. The fourth-order valence-corrected chi connectivity index (χ4v) is 2.71. The molecule has 4 heteroatoms. The predicted molar refractivity (Wildman–Crippen MR) is 64.5 cm³/mol. The molecule has 0 aliphatic rings. The van der Waals surface area contributed by atoms with Crippen molar-refractivity contribution < 1.29 is 4.79 Å². The fourth-order valence-electron chi connectivity index (χ4n) is 1.24. The first-order chi connectivity index (χ1) is 7.25. The molecule has 0 radical (unpaired) electrons. The summed E-state index contributed by atoms with van der Waals surface area (Å²) in [4.78, 5) is 14.0. The van der Waals surface area contributed by atoms with Crippen LogP contribution in [0.4, 0.5) is 0 Å². The third kappa shape index (κ3) is 2.67. The molecule has 2 heterocycles. The van der Waals surface area contributed by atoms with E-state index in [4.69, 9.17) is 0 Å². The molecule has 0 bridgehead atoms. The van der Waals surface area contributed by atoms with Gasteiger partial charge in [0, 0.05) is 20.7 Å². The van der Waals surface area contributed by atoms with Gasteiger partial charge in [-0.05, 0) is 30.5 Å². The van der Waals surface area contributed by atoms with Gasteiger partial charge in [0.2, 0.25) is 0 Å². The molecule has 0 aliphatic carbocycles. The Hall–Kier alpha value is -1.13. The number of hydrogen-bond acceptors (Lipinski definition) is 3. The number of aryl methyl sites for hydroxylation is 1. The van der Waals surface area contributed by atoms with Gasteiger partial charge in [0.15, 0.2) is 0 Å². The summed E-state index contributed by atoms with van der Waals surface area (Å²) < 4.78 is 0. The van der Waals surface area contributed by atoms with Crippen molar-refractivity contribution in [3.8, 4) is 0 Å². The second-order valence-electron chi connectivity index (χ2n) is 3.21. The first-order valence-electron chi connectivity index (χ1n) is 4.61. The molecule has 0 unspecified atom stereocenters. The molecule has 2 aromatic heterocycles. The maximum Gasteiger partial charge on any atom is 0.252 e. The summed E-state index contributed by atoms with van der Waals surface area (Å²) in [7, 11) is 0. The summed E-state index contributed by atoms with van der Waals surface area (Å²) in [6, 6.07) is 5.95. The highest BCUT2D eigenvalue weighted by molar-refractivity contribution is 7.11. The van der Waals surface area contributed by atoms with Crippen LogP contribution >= 0.6 is 22.7 Å². The van der Waals surface area contributed by atoms with Crippen LogP contribution in [0.5, 0.6) is 0 Å². The number of rotatable bonds is 3. The summed E-state index contributed by atoms with van der Waals surface area (Å²) >= 11 is 3.25. The minimum absolute atomic E-state index is 0.00213. The molecule has 1 amide bonds. The summed E-state index contributed by atoms with van der Waals surface area (Å²) in [5, 5.41) is 6.66. The first-order valence-corrected chi connectivity index (χ1v) is 6.37. The van der Waals surface area contributed by atoms with Crippen LogP contribution in [0.1, 0.15) is 20.1 Å². The lowest BCUT2D eigenvalue weighted by molar-refractivity contribution is 0.0952. The summed E-state index contributed by atoms with van der Waals surface area (Å²) in [6.45, 7) is 2.68. The fraction of sp³-hybridized carbons (Fsp3) is 0.182. The summed E-state index contributed by atoms with van der Waals surface area (Å²) in [5.74, 6) is 0.00213. The topological polar surface area (TPSA) is 29.1 Å². The van der Waals surface area contributed by atoms with Crippen LogP contribution in [-0.2, 0) is 6.54 Å². The average molecular weight is 237 g/mol. The van der Waals surface area contributed by atoms with E-state index in [1.807, 2.05) is 22.9 Å². The lowest BCUT2D eigenvalue weighted by atomic mass is 10.3. The highest BCUT2D eigenvalue weighted by Crippen LogP contribution is 2.14. The molecule has 2 rings (SSSR count). The van der Waals surface area contributed by atoms with Crippen molar-refractivity contribution in [3.05, 3.63) is 44.3 Å². The van der Waals surface area contributed by atoms with Crippen LogP contribution in [0.2, 0.25) is 0 Å². The third-order valence-electron chi connectivity index (χ3n) is 2.00. The Morgan fingerprint density at radius 3 is 2.87 bits per heavy atom. The van der Waals surface area contributed by atoms with E-state index in [2.05, 4.69) is 18.3 Å². The van der Waals surface area contributed by atoms with Gasteiger partial charge in [-0.2, -0.15) is 11.3 Å². The van der Waals surface area contributed by atoms with Gasteiger partial charge in [0.25, 0.3) is 5.91 Å². The number of amides is 1. The van der Waals surface area contributed by atoms with Crippen LogP contribution in [0.3, 0.4) is 0 Å². The largest absolute Gasteiger partial charge is 0.347 e. The van der Waals surface area contributed by atoms with Gasteiger partial charge in [0.1, 0.15) is 0 Å². The molecule has 78 valence electrons. The Bertz CT molecular complexity index is 445. The normalized spacial score (nSPS) is 10.2. The standard InChI is InChI=1S/C11H11NOS2/c1-8-2-3-10(15-8)6-12-11(13)9-4-5-14-7-9/h2-5,7H,6H2,1H3,(H,12,13). The molecular formula is C11H11NOS2. The number of carbonyl (C=O) groups is 1. The molecule has 0 aromatic carbocycles. The van der Waals surface area contributed by atoms with Crippen molar-refractivity contribution in [1.29, 1.82) is 0 Å². The molecule has 0 atom stereocenters. The maximum atomic E-state index is 11.6. The van der Waals surface area contributed by atoms with Crippen molar-refractivity contribution >= 4 is 28.6 Å². The summed E-state index contributed by atoms with van der Waals surface area (Å²) in [5.41, 5.74) is 0.744. The van der Waals surface area contributed by atoms with Crippen LogP contribution in [-0.4, -0.2) is 5.91 Å². The van der Waals surface area contributed by atoms with Crippen molar-refractivity contribution in [1.82, 2.24) is 5.32 Å². The number of thiophene rings is 2. The van der Waals surface area contributed by atoms with E-state index in [0.29, 0.717) is 6.54 Å². The molecule has 15 heavy (non-hydrogen) atoms. The first kappa shape index (κ1) is 10.4. The Morgan fingerprint density at radius 1 is 1.40 bits per heavy atom. The van der Waals surface area contributed by atoms with Crippen molar-refractivity contribution in [2.45, 2.75) is 13.5 Å². The Morgan fingerprint density at radius 2 is 2.27 bits per heavy atom. The second kappa shape index (κ2) is 4.59. The van der Waals surface area contributed by atoms with E-state index in [9.17, 15) is 4.79 Å². The highest BCUT2D eigenvalue weighted by Gasteiger charge is 2.05. The van der Waals surface area contributed by atoms with Gasteiger partial charge in [-0.3, -0.25) is 4.79 Å². The molecule has 0 aliphatic heterocycles. The minimum Gasteiger partial charge on any atom is -0.347 e. The molecule has 0 fully saturated rings. The average Bonchev–Trinajstić information content (AvgIpc) is 2.84.